The van der Waals surface area contributed by atoms with Crippen molar-refractivity contribution in [2.45, 2.75) is 44.6 Å². The number of benzene rings is 1. The van der Waals surface area contributed by atoms with E-state index in [1.54, 1.807) is 28.4 Å². The normalized spacial score (nSPS) is 19.5. The molecular weight excluding hydrogens is 334 g/mol. The van der Waals surface area contributed by atoms with Gasteiger partial charge in [-0.2, -0.15) is 0 Å². The topological polar surface area (TPSA) is 62.3 Å². The fraction of sp³-hybridized carbons (Fsp3) is 0.421. The van der Waals surface area contributed by atoms with Gasteiger partial charge in [0.15, 0.2) is 5.13 Å². The van der Waals surface area contributed by atoms with Crippen LogP contribution in [0.3, 0.4) is 0 Å². The second-order valence-corrected chi connectivity index (χ2v) is 7.69. The molecule has 5 nitrogen and oxygen atoms in total. The number of hydrogen-bond donors (Lipinski definition) is 1. The SMILES string of the molecule is O=C(Nc1nc2c(s1)CCCC2)C1CCCN1C(=O)c1ccccc1. The zero-order chi connectivity index (χ0) is 17.2. The molecule has 1 N–H and O–H groups in total. The van der Waals surface area contributed by atoms with Crippen molar-refractivity contribution >= 4 is 28.3 Å². The summed E-state index contributed by atoms with van der Waals surface area (Å²) in [6, 6.07) is 8.76. The second kappa shape index (κ2) is 6.96. The van der Waals surface area contributed by atoms with Crippen molar-refractivity contribution in [1.29, 1.82) is 0 Å². The number of aryl methyl sites for hydroxylation is 2. The van der Waals surface area contributed by atoms with Crippen molar-refractivity contribution < 1.29 is 9.59 Å². The predicted octanol–water partition coefficient (Wildman–Crippen LogP) is 3.27. The molecule has 130 valence electrons. The third-order valence-corrected chi connectivity index (χ3v) is 5.99. The monoisotopic (exact) mass is 355 g/mol. The molecule has 1 unspecified atom stereocenters. The highest BCUT2D eigenvalue weighted by Crippen LogP contribution is 2.30. The van der Waals surface area contributed by atoms with Crippen molar-refractivity contribution in [1.82, 2.24) is 9.88 Å². The summed E-state index contributed by atoms with van der Waals surface area (Å²) >= 11 is 1.58. The summed E-state index contributed by atoms with van der Waals surface area (Å²) < 4.78 is 0. The Morgan fingerprint density at radius 2 is 1.92 bits per heavy atom. The van der Waals surface area contributed by atoms with E-state index >= 15 is 0 Å². The molecule has 0 saturated carbocycles. The maximum Gasteiger partial charge on any atom is 0.254 e. The lowest BCUT2D eigenvalue weighted by molar-refractivity contribution is -0.119. The summed E-state index contributed by atoms with van der Waals surface area (Å²) in [7, 11) is 0. The molecule has 1 saturated heterocycles. The Morgan fingerprint density at radius 3 is 2.72 bits per heavy atom. The predicted molar refractivity (Wildman–Crippen MR) is 97.9 cm³/mol. The van der Waals surface area contributed by atoms with Gasteiger partial charge in [0.25, 0.3) is 5.91 Å². The molecule has 1 atom stereocenters. The van der Waals surface area contributed by atoms with Gasteiger partial charge in [-0.05, 0) is 50.7 Å². The number of anilines is 1. The molecule has 1 aliphatic carbocycles. The first-order valence-corrected chi connectivity index (χ1v) is 9.69. The van der Waals surface area contributed by atoms with E-state index in [9.17, 15) is 9.59 Å². The van der Waals surface area contributed by atoms with Crippen LogP contribution < -0.4 is 5.32 Å². The summed E-state index contributed by atoms with van der Waals surface area (Å²) in [5, 5.41) is 3.63. The number of aromatic nitrogens is 1. The molecule has 1 aliphatic heterocycles. The molecule has 1 aromatic carbocycles. The minimum atomic E-state index is -0.409. The van der Waals surface area contributed by atoms with Crippen LogP contribution in [0.2, 0.25) is 0 Å². The van der Waals surface area contributed by atoms with E-state index in [4.69, 9.17) is 0 Å². The van der Waals surface area contributed by atoms with Gasteiger partial charge in [0.05, 0.1) is 5.69 Å². The molecule has 25 heavy (non-hydrogen) atoms. The third-order valence-electron chi connectivity index (χ3n) is 4.91. The molecule has 0 bridgehead atoms. The molecule has 2 aromatic rings. The zero-order valence-electron chi connectivity index (χ0n) is 14.0. The highest BCUT2D eigenvalue weighted by atomic mass is 32.1. The Bertz CT molecular complexity index is 764. The van der Waals surface area contributed by atoms with Gasteiger partial charge < -0.3 is 10.2 Å². The summed E-state index contributed by atoms with van der Waals surface area (Å²) in [5.74, 6) is -0.190. The highest BCUT2D eigenvalue weighted by molar-refractivity contribution is 7.15. The van der Waals surface area contributed by atoms with Crippen LogP contribution in [0.4, 0.5) is 5.13 Å². The van der Waals surface area contributed by atoms with Crippen LogP contribution in [0, 0.1) is 0 Å². The Hall–Kier alpha value is -2.21. The maximum absolute atomic E-state index is 12.7. The number of hydrogen-bond acceptors (Lipinski definition) is 4. The summed E-state index contributed by atoms with van der Waals surface area (Å²) in [6.07, 6.45) is 5.99. The number of nitrogens with zero attached hydrogens (tertiary/aromatic N) is 2. The van der Waals surface area contributed by atoms with Crippen molar-refractivity contribution in [3.8, 4) is 0 Å². The first-order valence-electron chi connectivity index (χ1n) is 8.88. The highest BCUT2D eigenvalue weighted by Gasteiger charge is 2.35. The van der Waals surface area contributed by atoms with E-state index in [1.807, 2.05) is 18.2 Å². The van der Waals surface area contributed by atoms with Crippen LogP contribution in [0.25, 0.3) is 0 Å². The average Bonchev–Trinajstić information content (AvgIpc) is 3.28. The van der Waals surface area contributed by atoms with E-state index in [0.29, 0.717) is 23.7 Å². The van der Waals surface area contributed by atoms with Gasteiger partial charge in [0.2, 0.25) is 5.91 Å². The zero-order valence-corrected chi connectivity index (χ0v) is 14.8. The Morgan fingerprint density at radius 1 is 1.12 bits per heavy atom. The number of carbonyl (C=O) groups is 2. The van der Waals surface area contributed by atoms with Gasteiger partial charge in [-0.15, -0.1) is 11.3 Å². The first-order chi connectivity index (χ1) is 12.2. The largest absolute Gasteiger partial charge is 0.327 e. The molecule has 2 amide bonds. The molecule has 6 heteroatoms. The molecule has 4 rings (SSSR count). The fourth-order valence-electron chi connectivity index (χ4n) is 3.62. The fourth-order valence-corrected chi connectivity index (χ4v) is 4.68. The van der Waals surface area contributed by atoms with Crippen molar-refractivity contribution in [2.75, 3.05) is 11.9 Å². The number of rotatable bonds is 3. The van der Waals surface area contributed by atoms with Crippen molar-refractivity contribution in [2.24, 2.45) is 0 Å². The molecule has 2 heterocycles. The van der Waals surface area contributed by atoms with E-state index < -0.39 is 6.04 Å². The number of nitrogens with one attached hydrogen (secondary N) is 1. The van der Waals surface area contributed by atoms with Gasteiger partial charge in [0.1, 0.15) is 6.04 Å². The van der Waals surface area contributed by atoms with Gasteiger partial charge in [0, 0.05) is 17.0 Å². The lowest BCUT2D eigenvalue weighted by Gasteiger charge is -2.23. The maximum atomic E-state index is 12.7. The number of amides is 2. The number of thiazole rings is 1. The van der Waals surface area contributed by atoms with Crippen LogP contribution in [0.5, 0.6) is 0 Å². The van der Waals surface area contributed by atoms with Crippen LogP contribution in [-0.2, 0) is 17.6 Å². The molecule has 1 aromatic heterocycles. The van der Waals surface area contributed by atoms with E-state index in [2.05, 4.69) is 10.3 Å². The van der Waals surface area contributed by atoms with Crippen LogP contribution in [0.1, 0.15) is 46.6 Å². The molecule has 1 fully saturated rings. The standard InChI is InChI=1S/C19H21N3O2S/c23-17(21-19-20-14-9-4-5-11-16(14)25-19)15-10-6-12-22(15)18(24)13-7-2-1-3-8-13/h1-3,7-8,15H,4-6,9-12H2,(H,20,21,23). The van der Waals surface area contributed by atoms with Gasteiger partial charge in [-0.25, -0.2) is 4.98 Å². The average molecular weight is 355 g/mol. The second-order valence-electron chi connectivity index (χ2n) is 6.61. The van der Waals surface area contributed by atoms with E-state index in [-0.39, 0.29) is 11.8 Å². The lowest BCUT2D eigenvalue weighted by atomic mass is 10.0. The van der Waals surface area contributed by atoms with Crippen molar-refractivity contribution in [3.63, 3.8) is 0 Å². The third kappa shape index (κ3) is 3.31. The Kier molecular flexibility index (Phi) is 4.53. The molecule has 0 spiro atoms. The molecule has 2 aliphatic rings. The summed E-state index contributed by atoms with van der Waals surface area (Å²) in [5.41, 5.74) is 1.77. The molecular formula is C19H21N3O2S. The van der Waals surface area contributed by atoms with Crippen LogP contribution in [-0.4, -0.2) is 34.3 Å². The quantitative estimate of drug-likeness (QED) is 0.919. The van der Waals surface area contributed by atoms with E-state index in [1.165, 1.54) is 17.7 Å². The minimum Gasteiger partial charge on any atom is -0.327 e. The van der Waals surface area contributed by atoms with E-state index in [0.717, 1.165) is 25.0 Å². The molecule has 0 radical (unpaired) electrons. The van der Waals surface area contributed by atoms with Crippen LogP contribution in [0.15, 0.2) is 30.3 Å². The number of fused-ring (bicyclic) bond motifs is 1. The minimum absolute atomic E-state index is 0.0725. The number of carbonyl (C=O) groups excluding carboxylic acids is 2. The summed E-state index contributed by atoms with van der Waals surface area (Å²) in [4.78, 5) is 33.0. The van der Waals surface area contributed by atoms with Gasteiger partial charge in [-0.3, -0.25) is 9.59 Å². The number of likely N-dealkylation sites (tertiary alicyclic amines) is 1. The summed E-state index contributed by atoms with van der Waals surface area (Å²) in [6.45, 7) is 0.625. The lowest BCUT2D eigenvalue weighted by Crippen LogP contribution is -2.43. The first kappa shape index (κ1) is 16.3. The van der Waals surface area contributed by atoms with Crippen LogP contribution >= 0.6 is 11.3 Å². The smallest absolute Gasteiger partial charge is 0.254 e. The van der Waals surface area contributed by atoms with Gasteiger partial charge >= 0.3 is 0 Å². The Balaban J connectivity index is 1.47. The Labute approximate surface area is 151 Å². The van der Waals surface area contributed by atoms with Gasteiger partial charge in [-0.1, -0.05) is 18.2 Å². The van der Waals surface area contributed by atoms with Crippen molar-refractivity contribution in [3.05, 3.63) is 46.5 Å².